The van der Waals surface area contributed by atoms with Crippen molar-refractivity contribution in [1.29, 1.82) is 0 Å². The molecule has 1 aromatic heterocycles. The molecule has 1 saturated heterocycles. The SMILES string of the molecule is CCn1c(Sc2ccc([N+](=O)[O-])cc2[N+](=O)[O-])nnc1N1CCOCC1. The smallest absolute Gasteiger partial charge is 0.290 e. The minimum atomic E-state index is -0.660. The molecule has 2 heterocycles. The summed E-state index contributed by atoms with van der Waals surface area (Å²) in [4.78, 5) is 23.2. The van der Waals surface area contributed by atoms with Crippen LogP contribution in [-0.2, 0) is 11.3 Å². The molecular weight excluding hydrogens is 364 g/mol. The summed E-state index contributed by atoms with van der Waals surface area (Å²) in [6.07, 6.45) is 0. The lowest BCUT2D eigenvalue weighted by Gasteiger charge is -2.27. The first-order valence-corrected chi connectivity index (χ1v) is 8.69. The number of aromatic nitrogens is 3. The van der Waals surface area contributed by atoms with Crippen molar-refractivity contribution in [3.8, 4) is 0 Å². The van der Waals surface area contributed by atoms with Gasteiger partial charge in [0, 0.05) is 25.7 Å². The highest BCUT2D eigenvalue weighted by molar-refractivity contribution is 7.99. The second-order valence-corrected chi connectivity index (χ2v) is 6.40. The van der Waals surface area contributed by atoms with Crippen molar-refractivity contribution in [3.63, 3.8) is 0 Å². The zero-order valence-corrected chi connectivity index (χ0v) is 14.7. The van der Waals surface area contributed by atoms with Crippen molar-refractivity contribution in [2.45, 2.75) is 23.5 Å². The van der Waals surface area contributed by atoms with Crippen molar-refractivity contribution >= 4 is 29.1 Å². The van der Waals surface area contributed by atoms with Gasteiger partial charge in [0.15, 0.2) is 5.16 Å². The number of ether oxygens (including phenoxy) is 1. The molecule has 0 aliphatic carbocycles. The van der Waals surface area contributed by atoms with E-state index in [9.17, 15) is 20.2 Å². The Kier molecular flexibility index (Phi) is 5.32. The molecule has 12 heteroatoms. The number of non-ortho nitro benzene ring substituents is 1. The fraction of sp³-hybridized carbons (Fsp3) is 0.429. The van der Waals surface area contributed by atoms with Crippen molar-refractivity contribution < 1.29 is 14.6 Å². The van der Waals surface area contributed by atoms with Crippen molar-refractivity contribution in [2.75, 3.05) is 31.2 Å². The Hall–Kier alpha value is -2.73. The first-order chi connectivity index (χ1) is 12.5. The maximum Gasteiger partial charge on any atom is 0.290 e. The fourth-order valence-corrected chi connectivity index (χ4v) is 3.55. The Labute approximate surface area is 152 Å². The number of morpholine rings is 1. The molecule has 1 fully saturated rings. The van der Waals surface area contributed by atoms with Crippen LogP contribution in [0.1, 0.15) is 6.92 Å². The molecule has 0 bridgehead atoms. The first kappa shape index (κ1) is 18.1. The van der Waals surface area contributed by atoms with E-state index in [4.69, 9.17) is 4.74 Å². The zero-order chi connectivity index (χ0) is 18.7. The summed E-state index contributed by atoms with van der Waals surface area (Å²) < 4.78 is 7.20. The molecule has 3 rings (SSSR count). The lowest BCUT2D eigenvalue weighted by atomic mass is 10.3. The molecule has 0 unspecified atom stereocenters. The molecular formula is C14H16N6O5S. The van der Waals surface area contributed by atoms with Crippen LogP contribution in [0.3, 0.4) is 0 Å². The zero-order valence-electron chi connectivity index (χ0n) is 13.9. The highest BCUT2D eigenvalue weighted by Crippen LogP contribution is 2.37. The van der Waals surface area contributed by atoms with Crippen LogP contribution >= 0.6 is 11.8 Å². The van der Waals surface area contributed by atoms with Crippen LogP contribution in [0.4, 0.5) is 17.3 Å². The maximum atomic E-state index is 11.3. The van der Waals surface area contributed by atoms with E-state index in [0.29, 0.717) is 44.0 Å². The molecule has 0 N–H and O–H groups in total. The van der Waals surface area contributed by atoms with E-state index < -0.39 is 9.85 Å². The number of hydrogen-bond donors (Lipinski definition) is 0. The average Bonchev–Trinajstić information content (AvgIpc) is 3.05. The molecule has 0 spiro atoms. The minimum Gasteiger partial charge on any atom is -0.378 e. The number of benzene rings is 1. The van der Waals surface area contributed by atoms with Gasteiger partial charge in [-0.05, 0) is 24.8 Å². The lowest BCUT2D eigenvalue weighted by Crippen LogP contribution is -2.38. The van der Waals surface area contributed by atoms with E-state index in [0.717, 1.165) is 17.8 Å². The predicted molar refractivity (Wildman–Crippen MR) is 92.6 cm³/mol. The Morgan fingerprint density at radius 2 is 1.92 bits per heavy atom. The van der Waals surface area contributed by atoms with Crippen LogP contribution in [0, 0.1) is 20.2 Å². The summed E-state index contributed by atoms with van der Waals surface area (Å²) in [7, 11) is 0. The summed E-state index contributed by atoms with van der Waals surface area (Å²) in [6.45, 7) is 5.12. The summed E-state index contributed by atoms with van der Waals surface area (Å²) in [6, 6.07) is 3.56. The number of nitro benzene ring substituents is 2. The standard InChI is InChI=1S/C14H16N6O5S/c1-2-18-13(17-5-7-25-8-6-17)15-16-14(18)26-12-4-3-10(19(21)22)9-11(12)20(23)24/h3-4,9H,2,5-8H2,1H3. The second kappa shape index (κ2) is 7.66. The van der Waals surface area contributed by atoms with Crippen LogP contribution in [-0.4, -0.2) is 50.9 Å². The highest BCUT2D eigenvalue weighted by atomic mass is 32.2. The molecule has 0 amide bonds. The minimum absolute atomic E-state index is 0.274. The third-order valence-electron chi connectivity index (χ3n) is 3.86. The van der Waals surface area contributed by atoms with Gasteiger partial charge in [0.25, 0.3) is 11.4 Å². The van der Waals surface area contributed by atoms with Gasteiger partial charge in [-0.1, -0.05) is 0 Å². The van der Waals surface area contributed by atoms with Gasteiger partial charge in [0.1, 0.15) is 0 Å². The summed E-state index contributed by atoms with van der Waals surface area (Å²) in [5.41, 5.74) is -0.658. The van der Waals surface area contributed by atoms with Crippen molar-refractivity contribution in [3.05, 3.63) is 38.4 Å². The molecule has 1 aliphatic rings. The number of hydrogen-bond acceptors (Lipinski definition) is 9. The van der Waals surface area contributed by atoms with Crippen LogP contribution in [0.2, 0.25) is 0 Å². The van der Waals surface area contributed by atoms with E-state index in [2.05, 4.69) is 10.2 Å². The molecule has 26 heavy (non-hydrogen) atoms. The molecule has 138 valence electrons. The quantitative estimate of drug-likeness (QED) is 0.546. The normalized spacial score (nSPS) is 14.4. The van der Waals surface area contributed by atoms with Crippen LogP contribution in [0.15, 0.2) is 28.3 Å². The van der Waals surface area contributed by atoms with E-state index in [1.807, 2.05) is 16.4 Å². The van der Waals surface area contributed by atoms with Crippen molar-refractivity contribution in [2.24, 2.45) is 0 Å². The molecule has 0 atom stereocenters. The van der Waals surface area contributed by atoms with Gasteiger partial charge < -0.3 is 9.64 Å². The van der Waals surface area contributed by atoms with Gasteiger partial charge >= 0.3 is 0 Å². The van der Waals surface area contributed by atoms with E-state index in [-0.39, 0.29) is 16.3 Å². The van der Waals surface area contributed by atoms with Gasteiger partial charge in [-0.25, -0.2) is 0 Å². The molecule has 0 radical (unpaired) electrons. The molecule has 11 nitrogen and oxygen atoms in total. The average molecular weight is 380 g/mol. The van der Waals surface area contributed by atoms with Gasteiger partial charge in [0.05, 0.1) is 34.0 Å². The molecule has 2 aromatic rings. The van der Waals surface area contributed by atoms with Crippen molar-refractivity contribution in [1.82, 2.24) is 14.8 Å². The maximum absolute atomic E-state index is 11.3. The Balaban J connectivity index is 1.92. The summed E-state index contributed by atoms with van der Waals surface area (Å²) >= 11 is 1.07. The van der Waals surface area contributed by atoms with Crippen LogP contribution in [0.5, 0.6) is 0 Å². The fourth-order valence-electron chi connectivity index (χ4n) is 2.58. The van der Waals surface area contributed by atoms with Gasteiger partial charge in [-0.15, -0.1) is 10.2 Å². The highest BCUT2D eigenvalue weighted by Gasteiger charge is 2.24. The third kappa shape index (κ3) is 3.60. The van der Waals surface area contributed by atoms with Gasteiger partial charge in [0.2, 0.25) is 5.95 Å². The van der Waals surface area contributed by atoms with Gasteiger partial charge in [-0.3, -0.25) is 24.8 Å². The first-order valence-electron chi connectivity index (χ1n) is 7.87. The Bertz CT molecular complexity index is 835. The summed E-state index contributed by atoms with van der Waals surface area (Å²) in [5.74, 6) is 0.683. The topological polar surface area (TPSA) is 129 Å². The third-order valence-corrected chi connectivity index (χ3v) is 4.91. The Morgan fingerprint density at radius 3 is 2.54 bits per heavy atom. The number of anilines is 1. The monoisotopic (exact) mass is 380 g/mol. The predicted octanol–water partition coefficient (Wildman–Crippen LogP) is 2.10. The van der Waals surface area contributed by atoms with E-state index in [1.54, 1.807) is 0 Å². The largest absolute Gasteiger partial charge is 0.378 e. The Morgan fingerprint density at radius 1 is 1.19 bits per heavy atom. The number of rotatable bonds is 6. The lowest BCUT2D eigenvalue weighted by molar-refractivity contribution is -0.396. The summed E-state index contributed by atoms with van der Waals surface area (Å²) in [5, 5.41) is 31.0. The van der Waals surface area contributed by atoms with E-state index in [1.165, 1.54) is 12.1 Å². The van der Waals surface area contributed by atoms with E-state index >= 15 is 0 Å². The molecule has 0 saturated carbocycles. The second-order valence-electron chi connectivity index (χ2n) is 5.39. The van der Waals surface area contributed by atoms with Crippen LogP contribution in [0.25, 0.3) is 0 Å². The molecule has 1 aliphatic heterocycles. The van der Waals surface area contributed by atoms with Crippen LogP contribution < -0.4 is 4.90 Å². The molecule has 1 aromatic carbocycles. The number of nitro groups is 2. The van der Waals surface area contributed by atoms with Gasteiger partial charge in [-0.2, -0.15) is 0 Å². The number of nitrogens with zero attached hydrogens (tertiary/aromatic N) is 6.